The number of carbonyl (C=O) groups excluding carboxylic acids is 1. The molecule has 0 aliphatic carbocycles. The summed E-state index contributed by atoms with van der Waals surface area (Å²) in [4.78, 5) is 18.3. The van der Waals surface area contributed by atoms with Gasteiger partial charge in [-0.05, 0) is 37.1 Å². The minimum Gasteiger partial charge on any atom is -0.339 e. The zero-order valence-corrected chi connectivity index (χ0v) is 13.4. The number of nitrogens with one attached hydrogen (secondary N) is 1. The van der Waals surface area contributed by atoms with Gasteiger partial charge in [-0.25, -0.2) is 13.8 Å². The molecule has 0 unspecified atom stereocenters. The SMILES string of the molecule is O=C(c1cc(F)cc(F)c1)N1CCC(c2[nH]nc3ncccc23)CC1. The summed E-state index contributed by atoms with van der Waals surface area (Å²) in [6, 6.07) is 6.77. The van der Waals surface area contributed by atoms with Gasteiger partial charge >= 0.3 is 0 Å². The first-order valence-corrected chi connectivity index (χ1v) is 8.16. The summed E-state index contributed by atoms with van der Waals surface area (Å²) in [5.74, 6) is -1.57. The molecule has 0 saturated carbocycles. The molecule has 7 heteroatoms. The molecule has 1 saturated heterocycles. The Balaban J connectivity index is 1.48. The number of piperidine rings is 1. The van der Waals surface area contributed by atoms with E-state index in [4.69, 9.17) is 0 Å². The fourth-order valence-electron chi connectivity index (χ4n) is 3.41. The number of halogens is 2. The number of aromatic nitrogens is 3. The number of hydrogen-bond acceptors (Lipinski definition) is 3. The third kappa shape index (κ3) is 2.97. The van der Waals surface area contributed by atoms with E-state index in [2.05, 4.69) is 15.2 Å². The Bertz CT molecular complexity index is 911. The lowest BCUT2D eigenvalue weighted by Crippen LogP contribution is -2.38. The van der Waals surface area contributed by atoms with E-state index in [1.54, 1.807) is 11.1 Å². The van der Waals surface area contributed by atoms with Crippen LogP contribution in [-0.4, -0.2) is 39.1 Å². The second-order valence-electron chi connectivity index (χ2n) is 6.24. The van der Waals surface area contributed by atoms with Crippen LogP contribution >= 0.6 is 0 Å². The van der Waals surface area contributed by atoms with Crippen molar-refractivity contribution in [1.82, 2.24) is 20.1 Å². The number of carbonyl (C=O) groups is 1. The predicted octanol–water partition coefficient (Wildman–Crippen LogP) is 3.26. The molecule has 128 valence electrons. The van der Waals surface area contributed by atoms with Crippen molar-refractivity contribution in [3.63, 3.8) is 0 Å². The summed E-state index contributed by atoms with van der Waals surface area (Å²) in [5, 5.41) is 8.27. The van der Waals surface area contributed by atoms with Crippen LogP contribution in [0.1, 0.15) is 34.8 Å². The third-order valence-corrected chi connectivity index (χ3v) is 4.66. The topological polar surface area (TPSA) is 61.9 Å². The smallest absolute Gasteiger partial charge is 0.254 e. The zero-order chi connectivity index (χ0) is 17.4. The van der Waals surface area contributed by atoms with Crippen molar-refractivity contribution in [2.75, 3.05) is 13.1 Å². The van der Waals surface area contributed by atoms with Gasteiger partial charge < -0.3 is 4.90 Å². The maximum Gasteiger partial charge on any atom is 0.254 e. The normalized spacial score (nSPS) is 15.7. The highest BCUT2D eigenvalue weighted by Gasteiger charge is 2.27. The van der Waals surface area contributed by atoms with Gasteiger partial charge in [-0.2, -0.15) is 5.10 Å². The highest BCUT2D eigenvalue weighted by molar-refractivity contribution is 5.94. The van der Waals surface area contributed by atoms with Crippen molar-refractivity contribution in [1.29, 1.82) is 0 Å². The van der Waals surface area contributed by atoms with Crippen LogP contribution in [0.25, 0.3) is 11.0 Å². The fourth-order valence-corrected chi connectivity index (χ4v) is 3.41. The average molecular weight is 342 g/mol. The number of pyridine rings is 1. The number of nitrogens with zero attached hydrogens (tertiary/aromatic N) is 3. The molecule has 4 rings (SSSR count). The largest absolute Gasteiger partial charge is 0.339 e. The molecule has 2 aromatic heterocycles. The molecule has 1 aromatic carbocycles. The second kappa shape index (κ2) is 6.23. The van der Waals surface area contributed by atoms with E-state index >= 15 is 0 Å². The first-order valence-electron chi connectivity index (χ1n) is 8.16. The minimum absolute atomic E-state index is 0.0483. The fraction of sp³-hybridized carbons (Fsp3) is 0.278. The molecular weight excluding hydrogens is 326 g/mol. The van der Waals surface area contributed by atoms with Crippen LogP contribution in [0.5, 0.6) is 0 Å². The molecule has 1 aliphatic rings. The summed E-state index contributed by atoms with van der Waals surface area (Å²) in [5.41, 5.74) is 1.77. The van der Waals surface area contributed by atoms with E-state index < -0.39 is 11.6 Å². The predicted molar refractivity (Wildman–Crippen MR) is 88.1 cm³/mol. The quantitative estimate of drug-likeness (QED) is 0.778. The van der Waals surface area contributed by atoms with Gasteiger partial charge in [-0.15, -0.1) is 0 Å². The molecule has 1 aliphatic heterocycles. The molecule has 0 bridgehead atoms. The second-order valence-corrected chi connectivity index (χ2v) is 6.24. The molecule has 1 amide bonds. The average Bonchev–Trinajstić information content (AvgIpc) is 3.04. The number of fused-ring (bicyclic) bond motifs is 1. The van der Waals surface area contributed by atoms with Gasteiger partial charge in [0.15, 0.2) is 5.65 Å². The van der Waals surface area contributed by atoms with E-state index in [0.717, 1.165) is 42.1 Å². The van der Waals surface area contributed by atoms with Crippen LogP contribution in [0, 0.1) is 11.6 Å². The Labute approximate surface area is 142 Å². The van der Waals surface area contributed by atoms with Crippen LogP contribution in [0.4, 0.5) is 8.78 Å². The lowest BCUT2D eigenvalue weighted by Gasteiger charge is -2.31. The van der Waals surface area contributed by atoms with E-state index in [-0.39, 0.29) is 17.4 Å². The summed E-state index contributed by atoms with van der Waals surface area (Å²) in [6.07, 6.45) is 3.22. The zero-order valence-electron chi connectivity index (χ0n) is 13.4. The molecule has 0 radical (unpaired) electrons. The molecule has 25 heavy (non-hydrogen) atoms. The Morgan fingerprint density at radius 1 is 1.16 bits per heavy atom. The summed E-state index contributed by atoms with van der Waals surface area (Å²) < 4.78 is 26.6. The van der Waals surface area contributed by atoms with E-state index in [0.29, 0.717) is 18.7 Å². The Morgan fingerprint density at radius 2 is 1.88 bits per heavy atom. The van der Waals surface area contributed by atoms with Crippen LogP contribution in [0.2, 0.25) is 0 Å². The van der Waals surface area contributed by atoms with E-state index in [9.17, 15) is 13.6 Å². The first kappa shape index (κ1) is 15.7. The third-order valence-electron chi connectivity index (χ3n) is 4.66. The molecule has 5 nitrogen and oxygen atoms in total. The monoisotopic (exact) mass is 342 g/mol. The number of likely N-dealkylation sites (tertiary alicyclic amines) is 1. The number of H-pyrrole nitrogens is 1. The maximum absolute atomic E-state index is 13.3. The standard InChI is InChI=1S/C18H16F2N4O/c19-13-8-12(9-14(20)10-13)18(25)24-6-3-11(4-7-24)16-15-2-1-5-21-17(15)23-22-16/h1-2,5,8-11H,3-4,6-7H2,(H,21,22,23). The van der Waals surface area contributed by atoms with E-state index in [1.165, 1.54) is 0 Å². The summed E-state index contributed by atoms with van der Waals surface area (Å²) in [7, 11) is 0. The highest BCUT2D eigenvalue weighted by atomic mass is 19.1. The number of hydrogen-bond donors (Lipinski definition) is 1. The number of aromatic amines is 1. The summed E-state index contributed by atoms with van der Waals surface area (Å²) >= 11 is 0. The maximum atomic E-state index is 13.3. The number of rotatable bonds is 2. The Hall–Kier alpha value is -2.83. The van der Waals surface area contributed by atoms with Gasteiger partial charge in [0.1, 0.15) is 11.6 Å². The lowest BCUT2D eigenvalue weighted by molar-refractivity contribution is 0.0711. The molecule has 0 spiro atoms. The van der Waals surface area contributed by atoms with Crippen LogP contribution in [-0.2, 0) is 0 Å². The molecule has 3 heterocycles. The number of amides is 1. The van der Waals surface area contributed by atoms with Gasteiger partial charge in [0.2, 0.25) is 0 Å². The van der Waals surface area contributed by atoms with Crippen LogP contribution in [0.3, 0.4) is 0 Å². The van der Waals surface area contributed by atoms with Gasteiger partial charge in [-0.3, -0.25) is 9.89 Å². The van der Waals surface area contributed by atoms with Crippen molar-refractivity contribution in [3.8, 4) is 0 Å². The molecular formula is C18H16F2N4O. The van der Waals surface area contributed by atoms with Gasteiger partial charge in [0, 0.05) is 47.9 Å². The Kier molecular flexibility index (Phi) is 3.91. The van der Waals surface area contributed by atoms with Crippen LogP contribution < -0.4 is 0 Å². The van der Waals surface area contributed by atoms with Crippen molar-refractivity contribution in [3.05, 3.63) is 59.4 Å². The van der Waals surface area contributed by atoms with Crippen molar-refractivity contribution in [2.45, 2.75) is 18.8 Å². The van der Waals surface area contributed by atoms with Crippen molar-refractivity contribution >= 4 is 16.9 Å². The Morgan fingerprint density at radius 3 is 2.60 bits per heavy atom. The van der Waals surface area contributed by atoms with Crippen molar-refractivity contribution in [2.24, 2.45) is 0 Å². The number of benzene rings is 1. The van der Waals surface area contributed by atoms with Gasteiger partial charge in [-0.1, -0.05) is 0 Å². The van der Waals surface area contributed by atoms with Crippen LogP contribution in [0.15, 0.2) is 36.5 Å². The molecule has 1 N–H and O–H groups in total. The minimum atomic E-state index is -0.741. The highest BCUT2D eigenvalue weighted by Crippen LogP contribution is 2.31. The van der Waals surface area contributed by atoms with Crippen molar-refractivity contribution < 1.29 is 13.6 Å². The molecule has 3 aromatic rings. The lowest BCUT2D eigenvalue weighted by atomic mass is 9.91. The first-order chi connectivity index (χ1) is 12.1. The molecule has 1 fully saturated rings. The van der Waals surface area contributed by atoms with Gasteiger partial charge in [0.25, 0.3) is 5.91 Å². The molecule has 0 atom stereocenters. The summed E-state index contributed by atoms with van der Waals surface area (Å²) in [6.45, 7) is 1.06. The van der Waals surface area contributed by atoms with Gasteiger partial charge in [0.05, 0.1) is 0 Å². The van der Waals surface area contributed by atoms with E-state index in [1.807, 2.05) is 12.1 Å².